The molecule has 0 aliphatic carbocycles. The zero-order valence-corrected chi connectivity index (χ0v) is 9.89. The third-order valence-corrected chi connectivity index (χ3v) is 2.89. The first-order valence-corrected chi connectivity index (χ1v) is 5.93. The second kappa shape index (κ2) is 6.76. The lowest BCUT2D eigenvalue weighted by atomic mass is 10.3. The van der Waals surface area contributed by atoms with E-state index in [4.69, 9.17) is 11.0 Å². The van der Waals surface area contributed by atoms with Crippen LogP contribution in [0.25, 0.3) is 0 Å². The molecule has 17 heavy (non-hydrogen) atoms. The summed E-state index contributed by atoms with van der Waals surface area (Å²) < 4.78 is 13.1. The van der Waals surface area contributed by atoms with Gasteiger partial charge < -0.3 is 11.1 Å². The van der Waals surface area contributed by atoms with E-state index in [0.29, 0.717) is 11.4 Å². The van der Waals surface area contributed by atoms with Crippen molar-refractivity contribution in [2.75, 3.05) is 18.0 Å². The van der Waals surface area contributed by atoms with Gasteiger partial charge in [0.1, 0.15) is 5.82 Å². The minimum absolute atomic E-state index is 0.0906. The fraction of sp³-hybridized carbons (Fsp3) is 0.273. The van der Waals surface area contributed by atoms with E-state index in [1.165, 1.54) is 23.9 Å². The van der Waals surface area contributed by atoms with Crippen molar-refractivity contribution < 1.29 is 9.18 Å². The minimum Gasteiger partial charge on any atom is -0.396 e. The molecule has 6 heteroatoms. The summed E-state index contributed by atoms with van der Waals surface area (Å²) in [5.41, 5.74) is 5.42. The first kappa shape index (κ1) is 13.3. The zero-order valence-electron chi connectivity index (χ0n) is 9.07. The lowest BCUT2D eigenvalue weighted by Gasteiger charge is -2.04. The van der Waals surface area contributed by atoms with E-state index in [1.54, 1.807) is 6.07 Å². The van der Waals surface area contributed by atoms with Gasteiger partial charge in [-0.05, 0) is 18.2 Å². The molecule has 0 unspecified atom stereocenters. The van der Waals surface area contributed by atoms with E-state index in [-0.39, 0.29) is 23.8 Å². The number of hydrogen-bond acceptors (Lipinski definition) is 4. The van der Waals surface area contributed by atoms with Gasteiger partial charge in [0.05, 0.1) is 23.9 Å². The van der Waals surface area contributed by atoms with Crippen molar-refractivity contribution in [1.29, 1.82) is 5.26 Å². The van der Waals surface area contributed by atoms with Gasteiger partial charge in [-0.15, -0.1) is 11.8 Å². The molecule has 4 nitrogen and oxygen atoms in total. The van der Waals surface area contributed by atoms with Crippen LogP contribution in [-0.2, 0) is 4.79 Å². The molecule has 1 aromatic carbocycles. The number of thioether (sulfide) groups is 1. The second-order valence-electron chi connectivity index (χ2n) is 3.23. The Morgan fingerprint density at radius 3 is 3.00 bits per heavy atom. The highest BCUT2D eigenvalue weighted by molar-refractivity contribution is 8.00. The molecule has 0 atom stereocenters. The molecule has 0 saturated heterocycles. The van der Waals surface area contributed by atoms with Gasteiger partial charge in [0, 0.05) is 11.4 Å². The number of anilines is 1. The van der Waals surface area contributed by atoms with Crippen LogP contribution in [-0.4, -0.2) is 18.2 Å². The van der Waals surface area contributed by atoms with Gasteiger partial charge in [-0.3, -0.25) is 4.79 Å². The number of nitrogens with two attached hydrogens (primary N) is 1. The summed E-state index contributed by atoms with van der Waals surface area (Å²) in [7, 11) is 0. The van der Waals surface area contributed by atoms with Crippen LogP contribution in [0.1, 0.15) is 6.42 Å². The van der Waals surface area contributed by atoms with E-state index in [0.717, 1.165) is 0 Å². The average Bonchev–Trinajstić information content (AvgIpc) is 2.31. The molecule has 1 rings (SSSR count). The first-order valence-electron chi connectivity index (χ1n) is 4.95. The number of hydrogen-bond donors (Lipinski definition) is 2. The smallest absolute Gasteiger partial charge is 0.230 e. The SMILES string of the molecule is N#CCCNC(=O)CSc1ccc(N)c(F)c1. The Morgan fingerprint density at radius 2 is 2.35 bits per heavy atom. The highest BCUT2D eigenvalue weighted by atomic mass is 32.2. The maximum Gasteiger partial charge on any atom is 0.230 e. The molecule has 0 radical (unpaired) electrons. The molecule has 3 N–H and O–H groups in total. The number of halogens is 1. The number of amides is 1. The summed E-state index contributed by atoms with van der Waals surface area (Å²) in [5.74, 6) is -0.475. The molecule has 1 aromatic rings. The van der Waals surface area contributed by atoms with Crippen LogP contribution in [0.5, 0.6) is 0 Å². The third kappa shape index (κ3) is 4.74. The van der Waals surface area contributed by atoms with Crippen molar-refractivity contribution in [2.24, 2.45) is 0 Å². The molecule has 0 fully saturated rings. The Hall–Kier alpha value is -1.74. The normalized spacial score (nSPS) is 9.65. The molecular weight excluding hydrogens is 241 g/mol. The second-order valence-corrected chi connectivity index (χ2v) is 4.28. The number of benzene rings is 1. The molecule has 0 spiro atoms. The first-order chi connectivity index (χ1) is 8.13. The van der Waals surface area contributed by atoms with Gasteiger partial charge >= 0.3 is 0 Å². The summed E-state index contributed by atoms with van der Waals surface area (Å²) >= 11 is 1.22. The van der Waals surface area contributed by atoms with E-state index in [1.807, 2.05) is 6.07 Å². The van der Waals surface area contributed by atoms with Crippen molar-refractivity contribution in [3.63, 3.8) is 0 Å². The summed E-state index contributed by atoms with van der Waals surface area (Å²) in [6.07, 6.45) is 0.285. The minimum atomic E-state index is -0.486. The fourth-order valence-electron chi connectivity index (χ4n) is 1.06. The molecule has 0 aromatic heterocycles. The van der Waals surface area contributed by atoms with Gasteiger partial charge in [-0.25, -0.2) is 4.39 Å². The highest BCUT2D eigenvalue weighted by Gasteiger charge is 2.04. The predicted molar refractivity (Wildman–Crippen MR) is 64.8 cm³/mol. The molecular formula is C11H12FN3OS. The van der Waals surface area contributed by atoms with Gasteiger partial charge in [0.2, 0.25) is 5.91 Å². The number of rotatable bonds is 5. The summed E-state index contributed by atoms with van der Waals surface area (Å²) in [6, 6.07) is 6.34. The maximum atomic E-state index is 13.1. The number of nitriles is 1. The van der Waals surface area contributed by atoms with Crippen molar-refractivity contribution in [2.45, 2.75) is 11.3 Å². The highest BCUT2D eigenvalue weighted by Crippen LogP contribution is 2.21. The van der Waals surface area contributed by atoms with Crippen molar-refractivity contribution in [3.8, 4) is 6.07 Å². The number of nitrogens with zero attached hydrogens (tertiary/aromatic N) is 1. The van der Waals surface area contributed by atoms with Crippen molar-refractivity contribution in [1.82, 2.24) is 5.32 Å². The summed E-state index contributed by atoms with van der Waals surface area (Å²) in [5, 5.41) is 10.9. The molecule has 0 aliphatic heterocycles. The maximum absolute atomic E-state index is 13.1. The van der Waals surface area contributed by atoms with Crippen LogP contribution in [0.15, 0.2) is 23.1 Å². The Balaban J connectivity index is 2.37. The quantitative estimate of drug-likeness (QED) is 0.474. The van der Waals surface area contributed by atoms with Gasteiger partial charge in [-0.2, -0.15) is 5.26 Å². The van der Waals surface area contributed by atoms with Crippen LogP contribution >= 0.6 is 11.8 Å². The fourth-order valence-corrected chi connectivity index (χ4v) is 1.81. The van der Waals surface area contributed by atoms with Gasteiger partial charge in [0.15, 0.2) is 0 Å². The molecule has 0 aliphatic rings. The van der Waals surface area contributed by atoms with Gasteiger partial charge in [-0.1, -0.05) is 0 Å². The lowest BCUT2D eigenvalue weighted by molar-refractivity contribution is -0.118. The van der Waals surface area contributed by atoms with Crippen LogP contribution in [0, 0.1) is 17.1 Å². The van der Waals surface area contributed by atoms with Crippen LogP contribution in [0.2, 0.25) is 0 Å². The van der Waals surface area contributed by atoms with Crippen molar-refractivity contribution in [3.05, 3.63) is 24.0 Å². The number of carbonyl (C=O) groups is 1. The molecule has 90 valence electrons. The predicted octanol–water partition coefficient (Wildman–Crippen LogP) is 1.53. The topological polar surface area (TPSA) is 78.9 Å². The van der Waals surface area contributed by atoms with Crippen LogP contribution in [0.4, 0.5) is 10.1 Å². The number of nitrogens with one attached hydrogen (secondary N) is 1. The molecule has 0 bridgehead atoms. The van der Waals surface area contributed by atoms with Crippen molar-refractivity contribution >= 4 is 23.4 Å². The van der Waals surface area contributed by atoms with Gasteiger partial charge in [0.25, 0.3) is 0 Å². The average molecular weight is 253 g/mol. The zero-order chi connectivity index (χ0) is 12.7. The Labute approximate surface area is 103 Å². The Morgan fingerprint density at radius 1 is 1.59 bits per heavy atom. The molecule has 0 saturated carbocycles. The monoisotopic (exact) mass is 253 g/mol. The summed E-state index contributed by atoms with van der Waals surface area (Å²) in [6.45, 7) is 0.339. The number of carbonyl (C=O) groups excluding carboxylic acids is 1. The van der Waals surface area contributed by atoms with E-state index in [2.05, 4.69) is 5.32 Å². The van der Waals surface area contributed by atoms with E-state index < -0.39 is 5.82 Å². The summed E-state index contributed by atoms with van der Waals surface area (Å²) in [4.78, 5) is 11.9. The lowest BCUT2D eigenvalue weighted by Crippen LogP contribution is -2.25. The largest absolute Gasteiger partial charge is 0.396 e. The van der Waals surface area contributed by atoms with E-state index in [9.17, 15) is 9.18 Å². The Kier molecular flexibility index (Phi) is 5.30. The number of nitrogen functional groups attached to an aromatic ring is 1. The standard InChI is InChI=1S/C11H12FN3OS/c12-9-6-8(2-3-10(9)14)17-7-11(16)15-5-1-4-13/h2-3,6H,1,5,7,14H2,(H,15,16). The molecule has 1 amide bonds. The third-order valence-electron chi connectivity index (χ3n) is 1.90. The Bertz CT molecular complexity index is 445. The van der Waals surface area contributed by atoms with Crippen LogP contribution in [0.3, 0.4) is 0 Å². The molecule has 0 heterocycles. The van der Waals surface area contributed by atoms with E-state index >= 15 is 0 Å². The van der Waals surface area contributed by atoms with Crippen LogP contribution < -0.4 is 11.1 Å².